The second-order valence-electron chi connectivity index (χ2n) is 8.10. The van der Waals surface area contributed by atoms with E-state index < -0.39 is 17.4 Å². The maximum absolute atomic E-state index is 12.9. The fraction of sp³-hybridized carbons (Fsp3) is 0.429. The summed E-state index contributed by atoms with van der Waals surface area (Å²) in [5.41, 5.74) is 1.16. The van der Waals surface area contributed by atoms with Crippen molar-refractivity contribution in [2.24, 2.45) is 5.92 Å². The first-order chi connectivity index (χ1) is 14.3. The zero-order valence-electron chi connectivity index (χ0n) is 16.9. The van der Waals surface area contributed by atoms with Gasteiger partial charge < -0.3 is 15.5 Å². The van der Waals surface area contributed by atoms with Crippen molar-refractivity contribution < 1.29 is 9.59 Å². The van der Waals surface area contributed by atoms with Gasteiger partial charge in [-0.3, -0.25) is 19.4 Å². The molecule has 9 heteroatoms. The summed E-state index contributed by atoms with van der Waals surface area (Å²) in [6, 6.07) is 5.16. The minimum Gasteiger partial charge on any atom is -0.342 e. The fourth-order valence-electron chi connectivity index (χ4n) is 4.01. The summed E-state index contributed by atoms with van der Waals surface area (Å²) < 4.78 is 0. The number of H-pyrrole nitrogens is 1. The molecule has 2 aliphatic heterocycles. The Morgan fingerprint density at radius 1 is 1.33 bits per heavy atom. The van der Waals surface area contributed by atoms with Crippen LogP contribution in [0.4, 0.5) is 17.5 Å². The van der Waals surface area contributed by atoms with Gasteiger partial charge in [0, 0.05) is 30.2 Å². The number of benzene rings is 1. The van der Waals surface area contributed by atoms with Crippen LogP contribution < -0.4 is 21.1 Å². The summed E-state index contributed by atoms with van der Waals surface area (Å²) in [5, 5.41) is 5.94. The van der Waals surface area contributed by atoms with Gasteiger partial charge in [-0.25, -0.2) is 0 Å². The summed E-state index contributed by atoms with van der Waals surface area (Å²) >= 11 is 6.13. The zero-order chi connectivity index (χ0) is 21.4. The topological polar surface area (TPSA) is 107 Å². The van der Waals surface area contributed by atoms with Crippen molar-refractivity contribution in [1.82, 2.24) is 9.97 Å². The predicted octanol–water partition coefficient (Wildman–Crippen LogP) is 3.03. The Kier molecular flexibility index (Phi) is 5.51. The Morgan fingerprint density at radius 3 is 2.87 bits per heavy atom. The number of carbonyl (C=O) groups excluding carboxylic acids is 2. The number of hydrogen-bond donors (Lipinski definition) is 3. The molecule has 0 unspecified atom stereocenters. The molecule has 0 aliphatic carbocycles. The summed E-state index contributed by atoms with van der Waals surface area (Å²) in [4.78, 5) is 47.4. The molecule has 0 saturated carbocycles. The molecule has 1 saturated heterocycles. The fourth-order valence-corrected chi connectivity index (χ4v) is 4.20. The Bertz CT molecular complexity index is 1070. The number of fused-ring (bicyclic) bond motifs is 1. The highest BCUT2D eigenvalue weighted by Gasteiger charge is 2.35. The van der Waals surface area contributed by atoms with Crippen LogP contribution in [-0.4, -0.2) is 34.9 Å². The van der Waals surface area contributed by atoms with Crippen LogP contribution in [0.2, 0.25) is 5.02 Å². The van der Waals surface area contributed by atoms with E-state index in [1.165, 1.54) is 0 Å². The van der Waals surface area contributed by atoms with Crippen molar-refractivity contribution in [3.63, 3.8) is 0 Å². The van der Waals surface area contributed by atoms with Gasteiger partial charge in [0.05, 0.1) is 11.5 Å². The number of anilines is 3. The quantitative estimate of drug-likeness (QED) is 0.695. The number of hydrogen-bond acceptors (Lipinski definition) is 5. The number of carbonyl (C=O) groups is 2. The van der Waals surface area contributed by atoms with E-state index in [2.05, 4.69) is 27.5 Å². The smallest absolute Gasteiger partial charge is 0.258 e. The second-order valence-corrected chi connectivity index (χ2v) is 8.51. The highest BCUT2D eigenvalue weighted by Crippen LogP contribution is 2.31. The van der Waals surface area contributed by atoms with Crippen LogP contribution in [0, 0.1) is 12.8 Å². The van der Waals surface area contributed by atoms with Crippen LogP contribution in [0.3, 0.4) is 0 Å². The Balaban J connectivity index is 1.64. The minimum absolute atomic E-state index is 0.122. The van der Waals surface area contributed by atoms with Gasteiger partial charge in [-0.15, -0.1) is 0 Å². The number of rotatable bonds is 3. The number of aromatic nitrogens is 2. The average Bonchev–Trinajstić information content (AvgIpc) is 2.69. The number of nitrogens with zero attached hydrogens (tertiary/aromatic N) is 2. The summed E-state index contributed by atoms with van der Waals surface area (Å²) in [6.45, 7) is 5.59. The normalized spacial score (nSPS) is 21.0. The molecule has 30 heavy (non-hydrogen) atoms. The molecule has 2 atom stereocenters. The summed E-state index contributed by atoms with van der Waals surface area (Å²) in [6.07, 6.45) is 2.02. The molecule has 4 rings (SSSR count). The van der Waals surface area contributed by atoms with Gasteiger partial charge in [-0.1, -0.05) is 24.6 Å². The van der Waals surface area contributed by atoms with Crippen LogP contribution in [0.1, 0.15) is 43.2 Å². The van der Waals surface area contributed by atoms with E-state index in [0.717, 1.165) is 31.5 Å². The van der Waals surface area contributed by atoms with Crippen LogP contribution in [-0.2, 0) is 9.59 Å². The molecule has 0 spiro atoms. The molecule has 158 valence electrons. The van der Waals surface area contributed by atoms with Crippen molar-refractivity contribution in [1.29, 1.82) is 0 Å². The third kappa shape index (κ3) is 4.05. The van der Waals surface area contributed by atoms with Gasteiger partial charge in [0.2, 0.25) is 17.8 Å². The third-order valence-electron chi connectivity index (χ3n) is 5.65. The summed E-state index contributed by atoms with van der Waals surface area (Å²) in [5.74, 6) is -0.644. The monoisotopic (exact) mass is 429 g/mol. The first-order valence-corrected chi connectivity index (χ1v) is 10.5. The Labute approximate surface area is 179 Å². The number of piperidine rings is 1. The maximum atomic E-state index is 12.9. The maximum Gasteiger partial charge on any atom is 0.258 e. The zero-order valence-corrected chi connectivity index (χ0v) is 17.7. The van der Waals surface area contributed by atoms with Crippen LogP contribution in [0.15, 0.2) is 23.0 Å². The lowest BCUT2D eigenvalue weighted by atomic mass is 9.92. The molecule has 8 nitrogen and oxygen atoms in total. The minimum atomic E-state index is -0.931. The second kappa shape index (κ2) is 8.10. The van der Waals surface area contributed by atoms with E-state index in [4.69, 9.17) is 11.6 Å². The standard InChI is InChI=1S/C21H24ClN5O3/c1-11-4-3-7-27(10-11)21-25-18-17(20(30)26-21)14(9-16(28)24-18)19(29)23-13-6-5-12(2)15(22)8-13/h5-6,8,11,14H,3-4,7,9-10H2,1-2H3,(H,23,29)(H2,24,25,26,28,30)/t11-,14+/m0/s1. The van der Waals surface area contributed by atoms with E-state index in [-0.39, 0.29) is 23.7 Å². The summed E-state index contributed by atoms with van der Waals surface area (Å²) in [7, 11) is 0. The van der Waals surface area contributed by atoms with Gasteiger partial charge in [-0.2, -0.15) is 4.98 Å². The Morgan fingerprint density at radius 2 is 2.13 bits per heavy atom. The van der Waals surface area contributed by atoms with Crippen molar-refractivity contribution >= 4 is 40.9 Å². The lowest BCUT2D eigenvalue weighted by Gasteiger charge is -2.32. The number of halogens is 1. The molecular weight excluding hydrogens is 406 g/mol. The number of nitrogens with one attached hydrogen (secondary N) is 3. The number of aromatic amines is 1. The van der Waals surface area contributed by atoms with E-state index in [9.17, 15) is 14.4 Å². The van der Waals surface area contributed by atoms with Crippen molar-refractivity contribution in [3.8, 4) is 0 Å². The first kappa shape index (κ1) is 20.4. The lowest BCUT2D eigenvalue weighted by molar-refractivity contribution is -0.123. The van der Waals surface area contributed by atoms with Gasteiger partial charge in [0.1, 0.15) is 5.82 Å². The molecule has 1 fully saturated rings. The van der Waals surface area contributed by atoms with Crippen molar-refractivity contribution in [2.75, 3.05) is 28.6 Å². The van der Waals surface area contributed by atoms with Crippen molar-refractivity contribution in [2.45, 2.75) is 39.0 Å². The molecule has 2 aliphatic rings. The molecule has 1 aromatic heterocycles. The van der Waals surface area contributed by atoms with Gasteiger partial charge in [-0.05, 0) is 43.4 Å². The molecule has 2 amide bonds. The largest absolute Gasteiger partial charge is 0.342 e. The van der Waals surface area contributed by atoms with Crippen molar-refractivity contribution in [3.05, 3.63) is 44.7 Å². The van der Waals surface area contributed by atoms with E-state index >= 15 is 0 Å². The van der Waals surface area contributed by atoms with Crippen LogP contribution in [0.5, 0.6) is 0 Å². The third-order valence-corrected chi connectivity index (χ3v) is 6.06. The first-order valence-electron chi connectivity index (χ1n) is 10.1. The predicted molar refractivity (Wildman–Crippen MR) is 116 cm³/mol. The number of amides is 2. The average molecular weight is 430 g/mol. The molecule has 0 radical (unpaired) electrons. The molecule has 3 heterocycles. The van der Waals surface area contributed by atoms with Gasteiger partial charge in [0.15, 0.2) is 0 Å². The molecule has 1 aromatic carbocycles. The highest BCUT2D eigenvalue weighted by atomic mass is 35.5. The van der Waals surface area contributed by atoms with E-state index in [0.29, 0.717) is 22.6 Å². The highest BCUT2D eigenvalue weighted by molar-refractivity contribution is 6.31. The molecular formula is C21H24ClN5O3. The Hall–Kier alpha value is -2.87. The van der Waals surface area contributed by atoms with Gasteiger partial charge >= 0.3 is 0 Å². The molecule has 2 aromatic rings. The molecule has 0 bridgehead atoms. The van der Waals surface area contributed by atoms with Crippen LogP contribution >= 0.6 is 11.6 Å². The van der Waals surface area contributed by atoms with E-state index in [1.807, 2.05) is 11.8 Å². The SMILES string of the molecule is Cc1ccc(NC(=O)[C@@H]2CC(=O)Nc3nc(N4CCC[C@H](C)C4)[nH]c(=O)c32)cc1Cl. The lowest BCUT2D eigenvalue weighted by Crippen LogP contribution is -2.40. The number of aryl methyl sites for hydroxylation is 1. The van der Waals surface area contributed by atoms with E-state index in [1.54, 1.807) is 18.2 Å². The van der Waals surface area contributed by atoms with Gasteiger partial charge in [0.25, 0.3) is 5.56 Å². The van der Waals surface area contributed by atoms with Crippen LogP contribution in [0.25, 0.3) is 0 Å². The molecule has 3 N–H and O–H groups in total.